The summed E-state index contributed by atoms with van der Waals surface area (Å²) in [4.78, 5) is 27.4. The number of benzene rings is 1. The van der Waals surface area contributed by atoms with Crippen molar-refractivity contribution in [3.8, 4) is 17.1 Å². The Morgan fingerprint density at radius 3 is 2.77 bits per heavy atom. The quantitative estimate of drug-likeness (QED) is 0.337. The molecular formula is C24H21F3N6O2. The molecule has 1 fully saturated rings. The summed E-state index contributed by atoms with van der Waals surface area (Å²) in [6.45, 7) is 0. The number of carbonyl (C=O) groups excluding carboxylic acids is 1. The number of aromatic amines is 1. The molecule has 3 heterocycles. The van der Waals surface area contributed by atoms with E-state index in [1.54, 1.807) is 0 Å². The first kappa shape index (κ1) is 22.6. The van der Waals surface area contributed by atoms with E-state index in [9.17, 15) is 23.1 Å². The minimum atomic E-state index is -0.749. The molecule has 0 saturated heterocycles. The number of fused-ring (bicyclic) bond motifs is 1. The first-order valence-corrected chi connectivity index (χ1v) is 11.1. The van der Waals surface area contributed by atoms with Gasteiger partial charge in [-0.3, -0.25) is 4.79 Å². The number of H-pyrrole nitrogens is 1. The smallest absolute Gasteiger partial charge is 0.273 e. The molecule has 1 aromatic carbocycles. The van der Waals surface area contributed by atoms with E-state index in [4.69, 9.17) is 0 Å². The van der Waals surface area contributed by atoms with Gasteiger partial charge in [0.05, 0.1) is 11.7 Å². The predicted octanol–water partition coefficient (Wildman–Crippen LogP) is 4.30. The van der Waals surface area contributed by atoms with Crippen LogP contribution in [0.3, 0.4) is 0 Å². The zero-order chi connectivity index (χ0) is 24.5. The SMILES string of the molecule is O=C(N[C@@H]1CCC[C@H](Nc2nc(-c3c[nH]c4c(F)cc(F)cc34)ncc2F)C1)c1ncccc1O. The maximum absolute atomic E-state index is 14.6. The summed E-state index contributed by atoms with van der Waals surface area (Å²) in [5.41, 5.74) is 0.389. The summed E-state index contributed by atoms with van der Waals surface area (Å²) in [6, 6.07) is 4.45. The van der Waals surface area contributed by atoms with E-state index in [0.717, 1.165) is 37.6 Å². The third kappa shape index (κ3) is 4.61. The van der Waals surface area contributed by atoms with Gasteiger partial charge >= 0.3 is 0 Å². The summed E-state index contributed by atoms with van der Waals surface area (Å²) < 4.78 is 42.4. The van der Waals surface area contributed by atoms with E-state index in [2.05, 4.69) is 30.6 Å². The van der Waals surface area contributed by atoms with E-state index >= 15 is 0 Å². The highest BCUT2D eigenvalue weighted by molar-refractivity contribution is 5.95. The molecule has 180 valence electrons. The van der Waals surface area contributed by atoms with Gasteiger partial charge in [-0.1, -0.05) is 0 Å². The predicted molar refractivity (Wildman–Crippen MR) is 122 cm³/mol. The van der Waals surface area contributed by atoms with Gasteiger partial charge in [-0.25, -0.2) is 28.1 Å². The monoisotopic (exact) mass is 482 g/mol. The van der Waals surface area contributed by atoms with Crippen LogP contribution in [0.4, 0.5) is 19.0 Å². The molecule has 0 radical (unpaired) electrons. The Bertz CT molecular complexity index is 1410. The van der Waals surface area contributed by atoms with E-state index in [1.807, 2.05) is 0 Å². The Morgan fingerprint density at radius 1 is 1.11 bits per heavy atom. The van der Waals surface area contributed by atoms with Crippen molar-refractivity contribution in [1.29, 1.82) is 0 Å². The molecule has 0 aliphatic heterocycles. The van der Waals surface area contributed by atoms with Crippen LogP contribution in [0.2, 0.25) is 0 Å². The summed E-state index contributed by atoms with van der Waals surface area (Å²) >= 11 is 0. The van der Waals surface area contributed by atoms with Gasteiger partial charge in [0.1, 0.15) is 17.4 Å². The molecule has 35 heavy (non-hydrogen) atoms. The lowest BCUT2D eigenvalue weighted by Gasteiger charge is -2.30. The van der Waals surface area contributed by atoms with Crippen molar-refractivity contribution in [3.63, 3.8) is 0 Å². The molecule has 11 heteroatoms. The van der Waals surface area contributed by atoms with Crippen molar-refractivity contribution in [1.82, 2.24) is 25.3 Å². The standard InChI is InChI=1S/C24H21F3N6O2/c25-12-7-15-16(10-29-20(15)17(26)8-12)22-30-11-18(27)23(33-22)31-13-3-1-4-14(9-13)32-24(35)21-19(34)5-2-6-28-21/h2,5-8,10-11,13-14,29,34H,1,3-4,9H2,(H,32,35)(H,30,31,33)/t13-,14+/m0/s1. The zero-order valence-electron chi connectivity index (χ0n) is 18.4. The Hall–Kier alpha value is -4.15. The maximum atomic E-state index is 14.6. The van der Waals surface area contributed by atoms with Crippen molar-refractivity contribution in [3.05, 3.63) is 66.0 Å². The minimum Gasteiger partial charge on any atom is -0.505 e. The van der Waals surface area contributed by atoms with Crippen LogP contribution in [0, 0.1) is 17.5 Å². The number of hydrogen-bond acceptors (Lipinski definition) is 6. The molecule has 5 rings (SSSR count). The number of aromatic hydroxyl groups is 1. The van der Waals surface area contributed by atoms with Gasteiger partial charge in [0.25, 0.3) is 5.91 Å². The number of halogens is 3. The summed E-state index contributed by atoms with van der Waals surface area (Å²) in [5.74, 6) is -2.79. The first-order chi connectivity index (χ1) is 16.9. The van der Waals surface area contributed by atoms with Gasteiger partial charge in [-0.2, -0.15) is 0 Å². The van der Waals surface area contributed by atoms with Gasteiger partial charge < -0.3 is 20.7 Å². The number of pyridine rings is 1. The molecule has 0 unspecified atom stereocenters. The van der Waals surface area contributed by atoms with Crippen molar-refractivity contribution >= 4 is 22.6 Å². The third-order valence-corrected chi connectivity index (χ3v) is 6.04. The average molecular weight is 482 g/mol. The van der Waals surface area contributed by atoms with Crippen molar-refractivity contribution in [2.45, 2.75) is 37.8 Å². The molecule has 1 saturated carbocycles. The topological polar surface area (TPSA) is 116 Å². The highest BCUT2D eigenvalue weighted by Crippen LogP contribution is 2.30. The Kier molecular flexibility index (Phi) is 5.98. The van der Waals surface area contributed by atoms with E-state index in [1.165, 1.54) is 24.5 Å². The zero-order valence-corrected chi connectivity index (χ0v) is 18.4. The highest BCUT2D eigenvalue weighted by atomic mass is 19.1. The second-order valence-corrected chi connectivity index (χ2v) is 8.45. The van der Waals surface area contributed by atoms with Crippen LogP contribution < -0.4 is 10.6 Å². The average Bonchev–Trinajstić information content (AvgIpc) is 3.25. The highest BCUT2D eigenvalue weighted by Gasteiger charge is 2.26. The van der Waals surface area contributed by atoms with E-state index < -0.39 is 23.4 Å². The normalized spacial score (nSPS) is 17.9. The molecule has 2 atom stereocenters. The van der Waals surface area contributed by atoms with Gasteiger partial charge in [-0.05, 0) is 43.9 Å². The van der Waals surface area contributed by atoms with Gasteiger partial charge in [0, 0.05) is 41.5 Å². The van der Waals surface area contributed by atoms with Gasteiger partial charge in [-0.15, -0.1) is 0 Å². The summed E-state index contributed by atoms with van der Waals surface area (Å²) in [6.07, 6.45) is 6.60. The van der Waals surface area contributed by atoms with Gasteiger partial charge in [0.15, 0.2) is 23.2 Å². The number of amides is 1. The van der Waals surface area contributed by atoms with Crippen LogP contribution in [0.5, 0.6) is 5.75 Å². The number of nitrogens with zero attached hydrogens (tertiary/aromatic N) is 3. The largest absolute Gasteiger partial charge is 0.505 e. The number of anilines is 1. The fraction of sp³-hybridized carbons (Fsp3) is 0.250. The molecule has 4 N–H and O–H groups in total. The number of carbonyl (C=O) groups is 1. The van der Waals surface area contributed by atoms with Crippen molar-refractivity contribution in [2.24, 2.45) is 0 Å². The Labute approximate surface area is 197 Å². The molecular weight excluding hydrogens is 461 g/mol. The number of nitrogens with one attached hydrogen (secondary N) is 3. The molecule has 0 spiro atoms. The van der Waals surface area contributed by atoms with Crippen LogP contribution >= 0.6 is 0 Å². The molecule has 1 aliphatic rings. The molecule has 8 nitrogen and oxygen atoms in total. The lowest BCUT2D eigenvalue weighted by Crippen LogP contribution is -2.42. The summed E-state index contributed by atoms with van der Waals surface area (Å²) in [5, 5.41) is 16.0. The van der Waals surface area contributed by atoms with Crippen LogP contribution in [-0.2, 0) is 0 Å². The molecule has 3 aromatic heterocycles. The second-order valence-electron chi connectivity index (χ2n) is 8.45. The van der Waals surface area contributed by atoms with Crippen LogP contribution in [0.1, 0.15) is 36.2 Å². The van der Waals surface area contributed by atoms with Crippen molar-refractivity contribution in [2.75, 3.05) is 5.32 Å². The van der Waals surface area contributed by atoms with E-state index in [-0.39, 0.29) is 46.1 Å². The van der Waals surface area contributed by atoms with Gasteiger partial charge in [0.2, 0.25) is 0 Å². The van der Waals surface area contributed by atoms with Crippen molar-refractivity contribution < 1.29 is 23.1 Å². The van der Waals surface area contributed by atoms with Crippen LogP contribution in [0.15, 0.2) is 42.9 Å². The lowest BCUT2D eigenvalue weighted by atomic mass is 9.91. The lowest BCUT2D eigenvalue weighted by molar-refractivity contribution is 0.0918. The summed E-state index contributed by atoms with van der Waals surface area (Å²) in [7, 11) is 0. The Balaban J connectivity index is 1.33. The number of rotatable bonds is 5. The van der Waals surface area contributed by atoms with E-state index in [0.29, 0.717) is 12.0 Å². The molecule has 1 aliphatic carbocycles. The molecule has 0 bridgehead atoms. The number of hydrogen-bond donors (Lipinski definition) is 4. The number of aromatic nitrogens is 4. The fourth-order valence-electron chi connectivity index (χ4n) is 4.41. The second kappa shape index (κ2) is 9.24. The maximum Gasteiger partial charge on any atom is 0.273 e. The third-order valence-electron chi connectivity index (χ3n) is 6.04. The molecule has 1 amide bonds. The Morgan fingerprint density at radius 2 is 1.94 bits per heavy atom. The fourth-order valence-corrected chi connectivity index (χ4v) is 4.41. The first-order valence-electron chi connectivity index (χ1n) is 11.1. The molecule has 4 aromatic rings. The minimum absolute atomic E-state index is 0.0411. The van der Waals surface area contributed by atoms with Crippen LogP contribution in [0.25, 0.3) is 22.3 Å². The van der Waals surface area contributed by atoms with Crippen LogP contribution in [-0.4, -0.2) is 43.0 Å².